The first-order chi connectivity index (χ1) is 13.4. The van der Waals surface area contributed by atoms with Crippen LogP contribution in [0.2, 0.25) is 0 Å². The average molecular weight is 372 g/mol. The van der Waals surface area contributed by atoms with Crippen molar-refractivity contribution in [1.82, 2.24) is 9.97 Å². The second kappa shape index (κ2) is 7.96. The molecule has 0 saturated carbocycles. The first kappa shape index (κ1) is 19.2. The van der Waals surface area contributed by atoms with E-state index in [1.807, 2.05) is 31.2 Å². The fourth-order valence-electron chi connectivity index (χ4n) is 3.09. The van der Waals surface area contributed by atoms with E-state index in [4.69, 9.17) is 0 Å². The Kier molecular flexibility index (Phi) is 5.45. The predicted octanol–water partition coefficient (Wildman–Crippen LogP) is 4.89. The number of nitrogens with zero attached hydrogens (tertiary/aromatic N) is 2. The maximum Gasteiger partial charge on any atom is 0.160 e. The Morgan fingerprint density at radius 3 is 1.82 bits per heavy atom. The van der Waals surface area contributed by atoms with Crippen molar-refractivity contribution < 1.29 is 14.7 Å². The molecule has 0 aliphatic heterocycles. The van der Waals surface area contributed by atoms with E-state index in [0.29, 0.717) is 16.5 Å². The largest absolute Gasteiger partial charge is 0.506 e. The number of aromatic nitrogens is 2. The molecule has 2 heterocycles. The Balaban J connectivity index is 0.000000161. The van der Waals surface area contributed by atoms with Gasteiger partial charge in [-0.3, -0.25) is 19.6 Å². The number of ketones is 2. The summed E-state index contributed by atoms with van der Waals surface area (Å²) in [6, 6.07) is 14.2. The van der Waals surface area contributed by atoms with Crippen LogP contribution < -0.4 is 0 Å². The minimum Gasteiger partial charge on any atom is -0.506 e. The maximum atomic E-state index is 11.3. The van der Waals surface area contributed by atoms with Gasteiger partial charge in [0.25, 0.3) is 0 Å². The van der Waals surface area contributed by atoms with Crippen molar-refractivity contribution in [2.45, 2.75) is 20.8 Å². The molecule has 5 nitrogen and oxygen atoms in total. The molecule has 1 N–H and O–H groups in total. The summed E-state index contributed by atoms with van der Waals surface area (Å²) in [5.74, 6) is 0.164. The Morgan fingerprint density at radius 2 is 1.25 bits per heavy atom. The number of aromatic hydroxyl groups is 1. The number of fused-ring (bicyclic) bond motifs is 2. The first-order valence-electron chi connectivity index (χ1n) is 8.83. The average Bonchev–Trinajstić information content (AvgIpc) is 2.69. The summed E-state index contributed by atoms with van der Waals surface area (Å²) in [6.07, 6.45) is 3.34. The highest BCUT2D eigenvalue weighted by Gasteiger charge is 2.08. The third kappa shape index (κ3) is 3.74. The number of carbonyl (C=O) groups excluding carboxylic acids is 2. The summed E-state index contributed by atoms with van der Waals surface area (Å²) in [5.41, 5.74) is 3.83. The standard InChI is InChI=1S/C12H11NO.C11H9NO2/c1-8-5-6-10(9(2)14)11-4-3-7-13-12(8)11;1-7(13)8-4-5-10(14)11-9(8)3-2-6-12-11/h3-7H,1-2H3;2-6,14H,1H3. The van der Waals surface area contributed by atoms with E-state index in [-0.39, 0.29) is 17.3 Å². The zero-order chi connectivity index (χ0) is 20.3. The van der Waals surface area contributed by atoms with E-state index in [1.165, 1.54) is 13.0 Å². The molecule has 28 heavy (non-hydrogen) atoms. The van der Waals surface area contributed by atoms with Gasteiger partial charge in [-0.1, -0.05) is 24.3 Å². The number of phenolic OH excluding ortho intramolecular Hbond substituents is 1. The maximum absolute atomic E-state index is 11.3. The topological polar surface area (TPSA) is 80.2 Å². The molecule has 0 bridgehead atoms. The molecule has 4 rings (SSSR count). The number of pyridine rings is 2. The monoisotopic (exact) mass is 372 g/mol. The quantitative estimate of drug-likeness (QED) is 0.507. The van der Waals surface area contributed by atoms with Crippen LogP contribution in [0, 0.1) is 6.92 Å². The Morgan fingerprint density at radius 1 is 0.750 bits per heavy atom. The number of rotatable bonds is 2. The van der Waals surface area contributed by atoms with Crippen LogP contribution in [0.15, 0.2) is 60.9 Å². The molecule has 0 radical (unpaired) electrons. The van der Waals surface area contributed by atoms with E-state index in [1.54, 1.807) is 37.5 Å². The van der Waals surface area contributed by atoms with Gasteiger partial charge in [0.15, 0.2) is 11.6 Å². The van der Waals surface area contributed by atoms with Crippen molar-refractivity contribution in [2.75, 3.05) is 0 Å². The van der Waals surface area contributed by atoms with Crippen LogP contribution in [0.5, 0.6) is 5.75 Å². The van der Waals surface area contributed by atoms with Gasteiger partial charge in [0.1, 0.15) is 11.3 Å². The Labute approximate surface area is 162 Å². The van der Waals surface area contributed by atoms with E-state index in [9.17, 15) is 14.7 Å². The zero-order valence-electron chi connectivity index (χ0n) is 15.9. The lowest BCUT2D eigenvalue weighted by atomic mass is 10.0. The van der Waals surface area contributed by atoms with Gasteiger partial charge in [-0.05, 0) is 50.6 Å². The van der Waals surface area contributed by atoms with Crippen LogP contribution in [0.3, 0.4) is 0 Å². The molecule has 0 spiro atoms. The van der Waals surface area contributed by atoms with E-state index in [2.05, 4.69) is 9.97 Å². The van der Waals surface area contributed by atoms with E-state index < -0.39 is 0 Å². The van der Waals surface area contributed by atoms with Gasteiger partial charge in [0.2, 0.25) is 0 Å². The number of aryl methyl sites for hydroxylation is 1. The van der Waals surface area contributed by atoms with E-state index >= 15 is 0 Å². The molecule has 0 atom stereocenters. The van der Waals surface area contributed by atoms with Crippen molar-refractivity contribution >= 4 is 33.4 Å². The fraction of sp³-hybridized carbons (Fsp3) is 0.130. The predicted molar refractivity (Wildman–Crippen MR) is 110 cm³/mol. The summed E-state index contributed by atoms with van der Waals surface area (Å²) in [4.78, 5) is 30.9. The van der Waals surface area contributed by atoms with Crippen LogP contribution in [0.25, 0.3) is 21.8 Å². The van der Waals surface area contributed by atoms with Crippen LogP contribution >= 0.6 is 0 Å². The molecule has 0 fully saturated rings. The highest BCUT2D eigenvalue weighted by Crippen LogP contribution is 2.25. The van der Waals surface area contributed by atoms with Gasteiger partial charge >= 0.3 is 0 Å². The summed E-state index contributed by atoms with van der Waals surface area (Å²) in [6.45, 7) is 5.08. The normalized spacial score (nSPS) is 10.4. The van der Waals surface area contributed by atoms with E-state index in [0.717, 1.165) is 22.0 Å². The van der Waals surface area contributed by atoms with Crippen molar-refractivity contribution in [3.8, 4) is 5.75 Å². The molecule has 2 aromatic carbocycles. The fourth-order valence-corrected chi connectivity index (χ4v) is 3.09. The van der Waals surface area contributed by atoms with Gasteiger partial charge in [-0.2, -0.15) is 0 Å². The Bertz CT molecular complexity index is 1100. The molecular formula is C23H20N2O3. The van der Waals surface area contributed by atoms with Crippen LogP contribution in [0.4, 0.5) is 0 Å². The van der Waals surface area contributed by atoms with Gasteiger partial charge in [0, 0.05) is 34.3 Å². The number of hydrogen-bond donors (Lipinski definition) is 1. The van der Waals surface area contributed by atoms with Crippen LogP contribution in [0.1, 0.15) is 40.1 Å². The molecule has 0 unspecified atom stereocenters. The lowest BCUT2D eigenvalue weighted by Crippen LogP contribution is -1.95. The molecule has 0 saturated heterocycles. The summed E-state index contributed by atoms with van der Waals surface area (Å²) in [7, 11) is 0. The molecule has 2 aromatic heterocycles. The minimum absolute atomic E-state index is 0.0250. The molecule has 4 aromatic rings. The van der Waals surface area contributed by atoms with Crippen molar-refractivity contribution in [2.24, 2.45) is 0 Å². The molecule has 0 amide bonds. The lowest BCUT2D eigenvalue weighted by molar-refractivity contribution is 0.101. The Hall–Kier alpha value is -3.60. The second-order valence-corrected chi connectivity index (χ2v) is 6.47. The highest BCUT2D eigenvalue weighted by atomic mass is 16.3. The smallest absolute Gasteiger partial charge is 0.160 e. The molecule has 5 heteroatoms. The third-order valence-electron chi connectivity index (χ3n) is 4.48. The number of Topliss-reactive ketones (excluding diaryl/α,β-unsaturated/α-hetero) is 2. The van der Waals surface area contributed by atoms with Crippen molar-refractivity contribution in [1.29, 1.82) is 0 Å². The third-order valence-corrected chi connectivity index (χ3v) is 4.48. The summed E-state index contributed by atoms with van der Waals surface area (Å²) >= 11 is 0. The zero-order valence-corrected chi connectivity index (χ0v) is 15.9. The van der Waals surface area contributed by atoms with Crippen LogP contribution in [-0.2, 0) is 0 Å². The number of benzene rings is 2. The second-order valence-electron chi connectivity index (χ2n) is 6.47. The van der Waals surface area contributed by atoms with Crippen molar-refractivity contribution in [3.05, 3.63) is 77.6 Å². The minimum atomic E-state index is -0.0250. The summed E-state index contributed by atoms with van der Waals surface area (Å²) in [5, 5.41) is 11.1. The number of hydrogen-bond acceptors (Lipinski definition) is 5. The SMILES string of the molecule is CC(=O)c1ccc(C)c2ncccc12.CC(=O)c1ccc(O)c2ncccc12. The first-order valence-corrected chi connectivity index (χ1v) is 8.83. The van der Waals surface area contributed by atoms with Crippen molar-refractivity contribution in [3.63, 3.8) is 0 Å². The number of carbonyl (C=O) groups is 2. The van der Waals surface area contributed by atoms with Gasteiger partial charge in [-0.15, -0.1) is 0 Å². The highest BCUT2D eigenvalue weighted by molar-refractivity contribution is 6.07. The number of phenols is 1. The summed E-state index contributed by atoms with van der Waals surface area (Å²) < 4.78 is 0. The molecular weight excluding hydrogens is 352 g/mol. The lowest BCUT2D eigenvalue weighted by Gasteiger charge is -2.04. The molecule has 0 aliphatic rings. The van der Waals surface area contributed by atoms with Crippen LogP contribution in [-0.4, -0.2) is 26.6 Å². The van der Waals surface area contributed by atoms with Gasteiger partial charge in [-0.25, -0.2) is 0 Å². The van der Waals surface area contributed by atoms with Gasteiger partial charge < -0.3 is 5.11 Å². The van der Waals surface area contributed by atoms with Gasteiger partial charge in [0.05, 0.1) is 5.52 Å². The molecule has 140 valence electrons. The molecule has 0 aliphatic carbocycles.